The second kappa shape index (κ2) is 11.6. The molecule has 2 aliphatic rings. The van der Waals surface area contributed by atoms with Gasteiger partial charge in [0.15, 0.2) is 0 Å². The van der Waals surface area contributed by atoms with Gasteiger partial charge in [-0.3, -0.25) is 4.79 Å². The molecule has 1 amide bonds. The average Bonchev–Trinajstić information content (AvgIpc) is 3.05. The van der Waals surface area contributed by atoms with Gasteiger partial charge in [0, 0.05) is 6.92 Å². The Balaban J connectivity index is 2.60. The van der Waals surface area contributed by atoms with Crippen molar-refractivity contribution in [3.8, 4) is 0 Å². The van der Waals surface area contributed by atoms with Crippen LogP contribution in [0.25, 0.3) is 0 Å². The van der Waals surface area contributed by atoms with Gasteiger partial charge in [-0.05, 0) is 19.4 Å². The lowest BCUT2D eigenvalue weighted by atomic mass is 9.85. The van der Waals surface area contributed by atoms with Crippen molar-refractivity contribution in [3.63, 3.8) is 0 Å². The Morgan fingerprint density at radius 2 is 1.42 bits per heavy atom. The number of hydrogen-bond acceptors (Lipinski definition) is 12. The van der Waals surface area contributed by atoms with Crippen molar-refractivity contribution in [2.75, 3.05) is 19.8 Å². The first kappa shape index (κ1) is 27.6. The van der Waals surface area contributed by atoms with E-state index < -0.39 is 86.1 Å². The predicted octanol–water partition coefficient (Wildman–Crippen LogP) is -4.31. The molecule has 0 radical (unpaired) electrons. The molecule has 33 heavy (non-hydrogen) atoms. The van der Waals surface area contributed by atoms with Gasteiger partial charge in [-0.15, -0.1) is 0 Å². The number of rotatable bonds is 8. The Labute approximate surface area is 190 Å². The van der Waals surface area contributed by atoms with E-state index in [2.05, 4.69) is 5.32 Å². The number of aliphatic hydroxyl groups is 7. The van der Waals surface area contributed by atoms with Crippen molar-refractivity contribution in [2.45, 2.75) is 81.7 Å². The van der Waals surface area contributed by atoms with E-state index in [1.807, 2.05) is 0 Å². The molecule has 13 nitrogen and oxygen atoms in total. The van der Waals surface area contributed by atoms with Crippen molar-refractivity contribution in [3.05, 3.63) is 11.1 Å². The Bertz CT molecular complexity index is 728. The molecule has 190 valence electrons. The molecule has 0 spiro atoms. The molecule has 2 heterocycles. The number of esters is 1. The molecule has 5 unspecified atom stereocenters. The molecule has 0 aromatic rings. The summed E-state index contributed by atoms with van der Waals surface area (Å²) in [5.74, 6) is -1.63. The van der Waals surface area contributed by atoms with Gasteiger partial charge in [-0.2, -0.15) is 0 Å². The van der Waals surface area contributed by atoms with E-state index in [0.29, 0.717) is 0 Å². The van der Waals surface area contributed by atoms with E-state index in [0.717, 1.165) is 6.92 Å². The summed E-state index contributed by atoms with van der Waals surface area (Å²) < 4.78 is 16.1. The highest BCUT2D eigenvalue weighted by molar-refractivity contribution is 5.92. The third-order valence-electron chi connectivity index (χ3n) is 5.82. The maximum Gasteiger partial charge on any atom is 0.336 e. The van der Waals surface area contributed by atoms with E-state index in [1.54, 1.807) is 0 Å². The Morgan fingerprint density at radius 3 is 1.91 bits per heavy atom. The topological polar surface area (TPSA) is 215 Å². The summed E-state index contributed by atoms with van der Waals surface area (Å²) in [7, 11) is 0. The van der Waals surface area contributed by atoms with E-state index in [1.165, 1.54) is 13.8 Å². The molecule has 0 bridgehead atoms. The first-order chi connectivity index (χ1) is 15.5. The molecule has 0 aromatic carbocycles. The van der Waals surface area contributed by atoms with Crippen LogP contribution in [0.1, 0.15) is 20.8 Å². The first-order valence-electron chi connectivity index (χ1n) is 10.6. The minimum absolute atomic E-state index is 0.00617. The molecular weight excluding hydrogens is 446 g/mol. The highest BCUT2D eigenvalue weighted by Gasteiger charge is 2.50. The molecule has 0 saturated carbocycles. The third-order valence-corrected chi connectivity index (χ3v) is 5.82. The zero-order valence-electron chi connectivity index (χ0n) is 18.6. The van der Waals surface area contributed by atoms with E-state index in [-0.39, 0.29) is 17.8 Å². The van der Waals surface area contributed by atoms with Crippen LogP contribution in [-0.4, -0.2) is 128 Å². The molecule has 8 N–H and O–H groups in total. The molecule has 2 saturated heterocycles. The van der Waals surface area contributed by atoms with Crippen molar-refractivity contribution in [2.24, 2.45) is 0 Å². The molecule has 2 rings (SSSR count). The molecule has 0 aliphatic carbocycles. The molecule has 2 aliphatic heterocycles. The van der Waals surface area contributed by atoms with Crippen molar-refractivity contribution >= 4 is 11.9 Å². The number of carbonyl (C=O) groups is 2. The fourth-order valence-electron chi connectivity index (χ4n) is 4.10. The van der Waals surface area contributed by atoms with Crippen molar-refractivity contribution < 1.29 is 59.5 Å². The minimum Gasteiger partial charge on any atom is -0.463 e. The normalized spacial score (nSPS) is 38.4. The smallest absolute Gasteiger partial charge is 0.336 e. The molecule has 0 aromatic heterocycles. The Morgan fingerprint density at radius 1 is 0.879 bits per heavy atom. The number of nitrogens with one attached hydrogen (secondary N) is 1. The molecule has 13 heteroatoms. The Hall–Kier alpha value is -1.68. The lowest BCUT2D eigenvalue weighted by Gasteiger charge is -2.43. The lowest BCUT2D eigenvalue weighted by Crippen LogP contribution is -2.64. The number of ether oxygens (including phenoxy) is 3. The highest BCUT2D eigenvalue weighted by atomic mass is 16.6. The largest absolute Gasteiger partial charge is 0.463 e. The van der Waals surface area contributed by atoms with Crippen molar-refractivity contribution in [1.82, 2.24) is 5.32 Å². The molecular formula is C20H33NO12. The van der Waals surface area contributed by atoms with Gasteiger partial charge in [0.1, 0.15) is 54.9 Å². The molecule has 10 atom stereocenters. The van der Waals surface area contributed by atoms with E-state index in [4.69, 9.17) is 14.2 Å². The summed E-state index contributed by atoms with van der Waals surface area (Å²) in [6.07, 6.45) is -13.6. The van der Waals surface area contributed by atoms with Gasteiger partial charge in [0.25, 0.3) is 0 Å². The number of aliphatic hydroxyl groups excluding tert-OH is 7. The van der Waals surface area contributed by atoms with Gasteiger partial charge in [-0.25, -0.2) is 4.79 Å². The van der Waals surface area contributed by atoms with Gasteiger partial charge in [-0.1, -0.05) is 0 Å². The fourth-order valence-corrected chi connectivity index (χ4v) is 4.10. The molecule has 2 fully saturated rings. The highest BCUT2D eigenvalue weighted by Crippen LogP contribution is 2.32. The van der Waals surface area contributed by atoms with E-state index >= 15 is 0 Å². The maximum absolute atomic E-state index is 13.0. The average molecular weight is 479 g/mol. The van der Waals surface area contributed by atoms with E-state index in [9.17, 15) is 45.3 Å². The fraction of sp³-hybridized carbons (Fsp3) is 0.800. The second-order valence-corrected chi connectivity index (χ2v) is 8.05. The monoisotopic (exact) mass is 479 g/mol. The van der Waals surface area contributed by atoms with Crippen LogP contribution in [0.3, 0.4) is 0 Å². The summed E-state index contributed by atoms with van der Waals surface area (Å²) in [5.41, 5.74) is -0.294. The number of carbonyl (C=O) groups excluding carboxylic acids is 2. The van der Waals surface area contributed by atoms with Crippen LogP contribution in [-0.2, 0) is 23.8 Å². The van der Waals surface area contributed by atoms with Crippen LogP contribution in [0.4, 0.5) is 0 Å². The predicted molar refractivity (Wildman–Crippen MR) is 108 cm³/mol. The summed E-state index contributed by atoms with van der Waals surface area (Å²) in [4.78, 5) is 25.0. The summed E-state index contributed by atoms with van der Waals surface area (Å²) in [5, 5.41) is 72.7. The van der Waals surface area contributed by atoms with Gasteiger partial charge in [0.05, 0.1) is 31.4 Å². The van der Waals surface area contributed by atoms with Gasteiger partial charge >= 0.3 is 5.97 Å². The number of amides is 1. The van der Waals surface area contributed by atoms with Crippen molar-refractivity contribution in [1.29, 1.82) is 0 Å². The maximum atomic E-state index is 13.0. The minimum atomic E-state index is -1.80. The van der Waals surface area contributed by atoms with Crippen LogP contribution in [0, 0.1) is 0 Å². The lowest BCUT2D eigenvalue weighted by molar-refractivity contribution is -0.233. The number of hydrogen-bond donors (Lipinski definition) is 8. The second-order valence-electron chi connectivity index (χ2n) is 8.05. The van der Waals surface area contributed by atoms with Crippen LogP contribution in [0.2, 0.25) is 0 Å². The standard InChI is InChI=1S/C20H33NO12/c1-4-31-20(30)11(7(2)18-16(28)14(26)10(6-23)32-18)12(21-8(3)24)19-17(29)15(27)13(25)9(5-22)33-19/h9-10,12-19,22-23,25-29H,4-6H2,1-3H3,(H,21,24)/b11-7-/t9-,10?,12?,13-,14?,15+,16?,17+,18?,19-/m1/s1. The zero-order chi connectivity index (χ0) is 25.0. The SMILES string of the molecule is CCOC(=O)/C(=C(/C)C1OC(CO)C(O)C1O)C(NC(C)=O)[C@H]1O[C@H](CO)[C@@H](O)[C@H](O)[C@@H]1O. The van der Waals surface area contributed by atoms with Gasteiger partial charge in [0.2, 0.25) is 5.91 Å². The summed E-state index contributed by atoms with van der Waals surface area (Å²) in [6, 6.07) is -1.48. The van der Waals surface area contributed by atoms with Crippen LogP contribution in [0.5, 0.6) is 0 Å². The third kappa shape index (κ3) is 5.70. The van der Waals surface area contributed by atoms with Gasteiger partial charge < -0.3 is 55.3 Å². The Kier molecular flexibility index (Phi) is 9.72. The van der Waals surface area contributed by atoms with Crippen LogP contribution < -0.4 is 5.32 Å². The first-order valence-corrected chi connectivity index (χ1v) is 10.6. The quantitative estimate of drug-likeness (QED) is 0.123. The van der Waals surface area contributed by atoms with Crippen LogP contribution in [0.15, 0.2) is 11.1 Å². The zero-order valence-corrected chi connectivity index (χ0v) is 18.6. The summed E-state index contributed by atoms with van der Waals surface area (Å²) >= 11 is 0. The van der Waals surface area contributed by atoms with Crippen LogP contribution >= 0.6 is 0 Å². The summed E-state index contributed by atoms with van der Waals surface area (Å²) in [6.45, 7) is 2.59.